The van der Waals surface area contributed by atoms with E-state index in [0.717, 1.165) is 11.8 Å². The topological polar surface area (TPSA) is 89.1 Å². The highest BCUT2D eigenvalue weighted by atomic mass is 16.6. The Labute approximate surface area is 96.2 Å². The number of furan rings is 1. The number of aryl methyl sites for hydroxylation is 1. The van der Waals surface area contributed by atoms with Crippen LogP contribution in [0.1, 0.15) is 12.2 Å². The molecule has 0 unspecified atom stereocenters. The number of ether oxygens (including phenoxy) is 1. The van der Waals surface area contributed by atoms with Crippen LogP contribution >= 0.6 is 0 Å². The van der Waals surface area contributed by atoms with Gasteiger partial charge in [-0.2, -0.15) is 0 Å². The van der Waals surface area contributed by atoms with Gasteiger partial charge in [0.15, 0.2) is 11.6 Å². The Bertz CT molecular complexity index is 498. The van der Waals surface area contributed by atoms with Crippen molar-refractivity contribution in [1.82, 2.24) is 0 Å². The molecule has 0 amide bonds. The van der Waals surface area contributed by atoms with Gasteiger partial charge in [0.05, 0.1) is 12.3 Å². The molecule has 1 aromatic heterocycles. The monoisotopic (exact) mass is 235 g/mol. The van der Waals surface area contributed by atoms with Gasteiger partial charge in [-0.25, -0.2) is 14.6 Å². The lowest BCUT2D eigenvalue weighted by molar-refractivity contribution is -0.133. The number of rotatable bonds is 4. The lowest BCUT2D eigenvalue weighted by atomic mass is 10.2. The molecule has 0 radical (unpaired) electrons. The molecule has 6 heteroatoms. The van der Waals surface area contributed by atoms with Crippen LogP contribution in [-0.4, -0.2) is 22.9 Å². The Morgan fingerprint density at radius 1 is 1.47 bits per heavy atom. The van der Waals surface area contributed by atoms with E-state index in [9.17, 15) is 9.59 Å². The average Bonchev–Trinajstić information content (AvgIpc) is 2.86. The quantitative estimate of drug-likeness (QED) is 0.624. The summed E-state index contributed by atoms with van der Waals surface area (Å²) in [6, 6.07) is 3.55. The molecular weight excluding hydrogens is 226 g/mol. The summed E-state index contributed by atoms with van der Waals surface area (Å²) in [6.07, 6.45) is 3.20. The van der Waals surface area contributed by atoms with Crippen LogP contribution in [0.4, 0.5) is 0 Å². The van der Waals surface area contributed by atoms with Crippen LogP contribution in [0.3, 0.4) is 0 Å². The maximum absolute atomic E-state index is 11.2. The minimum atomic E-state index is -1.23. The number of carboxylic acid groups (broad SMARTS) is 1. The molecule has 2 rings (SSSR count). The third kappa shape index (κ3) is 2.81. The lowest BCUT2D eigenvalue weighted by Crippen LogP contribution is -2.05. The Morgan fingerprint density at radius 2 is 2.29 bits per heavy atom. The summed E-state index contributed by atoms with van der Waals surface area (Å²) in [5, 5.41) is 8.49. The van der Waals surface area contributed by atoms with Crippen LogP contribution in [0.2, 0.25) is 0 Å². The fourth-order valence-electron chi connectivity index (χ4n) is 1.36. The van der Waals surface area contributed by atoms with Crippen molar-refractivity contribution >= 4 is 17.8 Å². The Kier molecular flexibility index (Phi) is 3.04. The van der Waals surface area contributed by atoms with Crippen molar-refractivity contribution in [2.45, 2.75) is 12.8 Å². The first-order chi connectivity index (χ1) is 8.15. The van der Waals surface area contributed by atoms with Crippen LogP contribution < -0.4 is 0 Å². The highest BCUT2D eigenvalue weighted by molar-refractivity contribution is 6.07. The first-order valence-electron chi connectivity index (χ1n) is 4.92. The summed E-state index contributed by atoms with van der Waals surface area (Å²) in [5.74, 6) is -1.01. The lowest BCUT2D eigenvalue weighted by Gasteiger charge is -1.96. The summed E-state index contributed by atoms with van der Waals surface area (Å²) >= 11 is 0. The van der Waals surface area contributed by atoms with Gasteiger partial charge < -0.3 is 14.3 Å². The molecule has 0 fully saturated rings. The standard InChI is InChI=1S/C11H9NO5/c13-10(14)6-8-11(15)17-9(12-8)4-3-7-2-1-5-16-7/h1-2,5-6H,3-4H2,(H,13,14)/b8-6+. The van der Waals surface area contributed by atoms with Crippen LogP contribution in [0.25, 0.3) is 0 Å². The third-order valence-corrected chi connectivity index (χ3v) is 2.09. The fraction of sp³-hybridized carbons (Fsp3) is 0.182. The summed E-state index contributed by atoms with van der Waals surface area (Å²) in [4.78, 5) is 25.4. The molecule has 88 valence electrons. The number of nitrogens with zero attached hydrogens (tertiary/aromatic N) is 1. The van der Waals surface area contributed by atoms with Gasteiger partial charge in [-0.05, 0) is 12.1 Å². The molecule has 0 atom stereocenters. The van der Waals surface area contributed by atoms with Gasteiger partial charge in [-0.1, -0.05) is 0 Å². The van der Waals surface area contributed by atoms with Crippen LogP contribution in [0, 0.1) is 0 Å². The van der Waals surface area contributed by atoms with E-state index in [1.54, 1.807) is 18.4 Å². The zero-order chi connectivity index (χ0) is 12.3. The molecule has 1 N–H and O–H groups in total. The van der Waals surface area contributed by atoms with E-state index in [1.807, 2.05) is 0 Å². The fourth-order valence-corrected chi connectivity index (χ4v) is 1.36. The van der Waals surface area contributed by atoms with E-state index in [2.05, 4.69) is 4.99 Å². The van der Waals surface area contributed by atoms with Gasteiger partial charge in [0.1, 0.15) is 5.76 Å². The summed E-state index contributed by atoms with van der Waals surface area (Å²) in [5.41, 5.74) is -0.188. The molecule has 0 spiro atoms. The predicted molar refractivity (Wildman–Crippen MR) is 56.3 cm³/mol. The molecule has 1 aromatic rings. The van der Waals surface area contributed by atoms with E-state index in [4.69, 9.17) is 14.3 Å². The molecule has 17 heavy (non-hydrogen) atoms. The van der Waals surface area contributed by atoms with Gasteiger partial charge in [0.25, 0.3) is 0 Å². The number of aliphatic carboxylic acids is 1. The van der Waals surface area contributed by atoms with Crippen LogP contribution in [0.5, 0.6) is 0 Å². The van der Waals surface area contributed by atoms with E-state index in [1.165, 1.54) is 0 Å². The van der Waals surface area contributed by atoms with E-state index < -0.39 is 11.9 Å². The summed E-state index contributed by atoms with van der Waals surface area (Å²) < 4.78 is 9.92. The maximum atomic E-state index is 11.2. The van der Waals surface area contributed by atoms with Crippen molar-refractivity contribution in [2.24, 2.45) is 4.99 Å². The zero-order valence-electron chi connectivity index (χ0n) is 8.75. The van der Waals surface area contributed by atoms with Crippen molar-refractivity contribution in [3.05, 3.63) is 35.9 Å². The van der Waals surface area contributed by atoms with Crippen molar-refractivity contribution in [1.29, 1.82) is 0 Å². The number of aliphatic imine (C=N–C) groups is 1. The predicted octanol–water partition coefficient (Wildman–Crippen LogP) is 1.14. The Hall–Kier alpha value is -2.37. The number of carboxylic acids is 1. The maximum Gasteiger partial charge on any atom is 0.363 e. The molecule has 1 aliphatic rings. The average molecular weight is 235 g/mol. The summed E-state index contributed by atoms with van der Waals surface area (Å²) in [7, 11) is 0. The number of carbonyl (C=O) groups is 2. The number of hydrogen-bond acceptors (Lipinski definition) is 5. The van der Waals surface area contributed by atoms with Crippen molar-refractivity contribution in [3.8, 4) is 0 Å². The smallest absolute Gasteiger partial charge is 0.363 e. The molecular formula is C11H9NO5. The molecule has 0 bridgehead atoms. The SMILES string of the molecule is O=C(O)/C=C1/N=C(CCc2ccco2)OC1=O. The van der Waals surface area contributed by atoms with Crippen molar-refractivity contribution < 1.29 is 23.8 Å². The number of carbonyl (C=O) groups excluding carboxylic acids is 1. The molecule has 0 aliphatic carbocycles. The van der Waals surface area contributed by atoms with Crippen molar-refractivity contribution in [2.75, 3.05) is 0 Å². The second-order valence-corrected chi connectivity index (χ2v) is 3.34. The molecule has 6 nitrogen and oxygen atoms in total. The van der Waals surface area contributed by atoms with Gasteiger partial charge in [0, 0.05) is 12.8 Å². The van der Waals surface area contributed by atoms with Gasteiger partial charge >= 0.3 is 11.9 Å². The van der Waals surface area contributed by atoms with Gasteiger partial charge in [-0.3, -0.25) is 0 Å². The highest BCUT2D eigenvalue weighted by Gasteiger charge is 2.23. The van der Waals surface area contributed by atoms with Gasteiger partial charge in [-0.15, -0.1) is 0 Å². The molecule has 0 saturated heterocycles. The van der Waals surface area contributed by atoms with E-state index in [0.29, 0.717) is 12.8 Å². The molecule has 0 saturated carbocycles. The van der Waals surface area contributed by atoms with Gasteiger partial charge in [0.2, 0.25) is 0 Å². The van der Waals surface area contributed by atoms with Crippen LogP contribution in [0.15, 0.2) is 39.6 Å². The molecule has 1 aliphatic heterocycles. The van der Waals surface area contributed by atoms with Crippen LogP contribution in [-0.2, 0) is 20.7 Å². The highest BCUT2D eigenvalue weighted by Crippen LogP contribution is 2.14. The normalized spacial score (nSPS) is 17.1. The third-order valence-electron chi connectivity index (χ3n) is 2.09. The number of hydrogen-bond donors (Lipinski definition) is 1. The Morgan fingerprint density at radius 3 is 2.94 bits per heavy atom. The first-order valence-corrected chi connectivity index (χ1v) is 4.92. The summed E-state index contributed by atoms with van der Waals surface area (Å²) in [6.45, 7) is 0. The molecule has 0 aromatic carbocycles. The largest absolute Gasteiger partial charge is 0.478 e. The first kappa shape index (κ1) is 11.1. The minimum Gasteiger partial charge on any atom is -0.478 e. The second-order valence-electron chi connectivity index (χ2n) is 3.34. The second kappa shape index (κ2) is 4.65. The van der Waals surface area contributed by atoms with E-state index in [-0.39, 0.29) is 11.6 Å². The molecule has 2 heterocycles. The minimum absolute atomic E-state index is 0.188. The zero-order valence-corrected chi connectivity index (χ0v) is 8.75. The number of cyclic esters (lactones) is 1. The number of esters is 1. The van der Waals surface area contributed by atoms with Crippen molar-refractivity contribution in [3.63, 3.8) is 0 Å². The Balaban J connectivity index is 1.99. The van der Waals surface area contributed by atoms with E-state index >= 15 is 0 Å².